The van der Waals surface area contributed by atoms with Crippen molar-refractivity contribution in [3.8, 4) is 0 Å². The van der Waals surface area contributed by atoms with E-state index < -0.39 is 5.82 Å². The number of nitrogens with one attached hydrogen (secondary N) is 2. The standard InChI is InChI=1S/C13H16ClFN2O/c1-8(9-2-4-11(14)12(15)6-9)16-7-10-3-5-13(18)17-10/h2,4,6,8,10,16H,3,5,7H2,1H3,(H,17,18). The average molecular weight is 271 g/mol. The second-order valence-electron chi connectivity index (χ2n) is 4.61. The number of carbonyl (C=O) groups excluding carboxylic acids is 1. The van der Waals surface area contributed by atoms with Crippen LogP contribution in [0.25, 0.3) is 0 Å². The number of rotatable bonds is 4. The van der Waals surface area contributed by atoms with Crippen LogP contribution < -0.4 is 10.6 Å². The summed E-state index contributed by atoms with van der Waals surface area (Å²) in [4.78, 5) is 11.0. The molecule has 18 heavy (non-hydrogen) atoms. The van der Waals surface area contributed by atoms with Crippen LogP contribution in [0, 0.1) is 5.82 Å². The van der Waals surface area contributed by atoms with Crippen molar-refractivity contribution in [2.24, 2.45) is 0 Å². The highest BCUT2D eigenvalue weighted by Crippen LogP contribution is 2.20. The summed E-state index contributed by atoms with van der Waals surface area (Å²) in [6, 6.07) is 5.00. The fourth-order valence-electron chi connectivity index (χ4n) is 2.05. The van der Waals surface area contributed by atoms with Crippen molar-refractivity contribution < 1.29 is 9.18 Å². The molecular formula is C13H16ClFN2O. The number of hydrogen-bond acceptors (Lipinski definition) is 2. The second kappa shape index (κ2) is 5.67. The highest BCUT2D eigenvalue weighted by Gasteiger charge is 2.21. The molecule has 98 valence electrons. The number of amides is 1. The molecule has 2 N–H and O–H groups in total. The van der Waals surface area contributed by atoms with E-state index in [4.69, 9.17) is 11.6 Å². The molecule has 1 aliphatic heterocycles. The van der Waals surface area contributed by atoms with Crippen molar-refractivity contribution in [3.05, 3.63) is 34.6 Å². The van der Waals surface area contributed by atoms with E-state index in [2.05, 4.69) is 10.6 Å². The van der Waals surface area contributed by atoms with Crippen LogP contribution in [0.3, 0.4) is 0 Å². The summed E-state index contributed by atoms with van der Waals surface area (Å²) in [5.41, 5.74) is 0.848. The summed E-state index contributed by atoms with van der Waals surface area (Å²) in [6.45, 7) is 2.65. The molecule has 0 bridgehead atoms. The molecule has 0 aliphatic carbocycles. The van der Waals surface area contributed by atoms with Crippen LogP contribution in [0.15, 0.2) is 18.2 Å². The summed E-state index contributed by atoms with van der Waals surface area (Å²) in [5, 5.41) is 6.30. The second-order valence-corrected chi connectivity index (χ2v) is 5.01. The third kappa shape index (κ3) is 3.21. The van der Waals surface area contributed by atoms with Gasteiger partial charge in [-0.15, -0.1) is 0 Å². The summed E-state index contributed by atoms with van der Waals surface area (Å²) in [7, 11) is 0. The van der Waals surface area contributed by atoms with Gasteiger partial charge in [-0.1, -0.05) is 17.7 Å². The van der Waals surface area contributed by atoms with Crippen LogP contribution in [-0.4, -0.2) is 18.5 Å². The molecule has 0 spiro atoms. The van der Waals surface area contributed by atoms with Gasteiger partial charge in [0, 0.05) is 25.0 Å². The van der Waals surface area contributed by atoms with Crippen LogP contribution in [0.1, 0.15) is 31.4 Å². The summed E-state index contributed by atoms with van der Waals surface area (Å²) in [5.74, 6) is -0.302. The minimum Gasteiger partial charge on any atom is -0.352 e. The van der Waals surface area contributed by atoms with Crippen molar-refractivity contribution in [2.75, 3.05) is 6.54 Å². The quantitative estimate of drug-likeness (QED) is 0.882. The minimum absolute atomic E-state index is 0.0225. The number of benzene rings is 1. The Hall–Kier alpha value is -1.13. The first-order valence-corrected chi connectivity index (χ1v) is 6.42. The Labute approximate surface area is 111 Å². The van der Waals surface area contributed by atoms with Gasteiger partial charge in [-0.25, -0.2) is 4.39 Å². The number of halogens is 2. The lowest BCUT2D eigenvalue weighted by Crippen LogP contribution is -2.36. The van der Waals surface area contributed by atoms with Crippen LogP contribution in [-0.2, 0) is 4.79 Å². The molecule has 2 rings (SSSR count). The molecule has 2 unspecified atom stereocenters. The Balaban J connectivity index is 1.89. The Morgan fingerprint density at radius 3 is 3.00 bits per heavy atom. The number of carbonyl (C=O) groups is 1. The average Bonchev–Trinajstić information content (AvgIpc) is 2.75. The van der Waals surface area contributed by atoms with Crippen LogP contribution in [0.2, 0.25) is 5.02 Å². The van der Waals surface area contributed by atoms with E-state index in [-0.39, 0.29) is 23.0 Å². The van der Waals surface area contributed by atoms with Gasteiger partial charge in [0.2, 0.25) is 5.91 Å². The molecule has 2 atom stereocenters. The molecule has 1 heterocycles. The van der Waals surface area contributed by atoms with E-state index in [1.165, 1.54) is 6.07 Å². The van der Waals surface area contributed by atoms with E-state index in [1.54, 1.807) is 12.1 Å². The Bertz CT molecular complexity index is 453. The molecule has 1 fully saturated rings. The lowest BCUT2D eigenvalue weighted by atomic mass is 10.1. The minimum atomic E-state index is -0.406. The van der Waals surface area contributed by atoms with Gasteiger partial charge in [0.05, 0.1) is 5.02 Å². The normalized spacial score (nSPS) is 20.8. The molecule has 1 saturated heterocycles. The fourth-order valence-corrected chi connectivity index (χ4v) is 2.17. The van der Waals surface area contributed by atoms with Gasteiger partial charge in [-0.2, -0.15) is 0 Å². The largest absolute Gasteiger partial charge is 0.352 e. The van der Waals surface area contributed by atoms with Gasteiger partial charge in [-0.05, 0) is 31.0 Å². The van der Waals surface area contributed by atoms with E-state index in [0.29, 0.717) is 13.0 Å². The summed E-state index contributed by atoms with van der Waals surface area (Å²) < 4.78 is 13.3. The summed E-state index contributed by atoms with van der Waals surface area (Å²) in [6.07, 6.45) is 1.45. The first kappa shape index (κ1) is 13.3. The molecule has 3 nitrogen and oxygen atoms in total. The van der Waals surface area contributed by atoms with E-state index >= 15 is 0 Å². The highest BCUT2D eigenvalue weighted by molar-refractivity contribution is 6.30. The maximum Gasteiger partial charge on any atom is 0.220 e. The van der Waals surface area contributed by atoms with Crippen molar-refractivity contribution >= 4 is 17.5 Å². The maximum absolute atomic E-state index is 13.3. The van der Waals surface area contributed by atoms with Gasteiger partial charge in [-0.3, -0.25) is 4.79 Å². The Morgan fingerprint density at radius 2 is 2.39 bits per heavy atom. The molecule has 0 aromatic heterocycles. The zero-order chi connectivity index (χ0) is 13.1. The van der Waals surface area contributed by atoms with Crippen molar-refractivity contribution in [1.29, 1.82) is 0 Å². The predicted molar refractivity (Wildman–Crippen MR) is 69.0 cm³/mol. The van der Waals surface area contributed by atoms with Crippen LogP contribution in [0.5, 0.6) is 0 Å². The Kier molecular flexibility index (Phi) is 4.19. The van der Waals surface area contributed by atoms with Crippen molar-refractivity contribution in [3.63, 3.8) is 0 Å². The molecule has 1 amide bonds. The van der Waals surface area contributed by atoms with Gasteiger partial charge in [0.1, 0.15) is 5.82 Å². The molecule has 1 aliphatic rings. The third-order valence-electron chi connectivity index (χ3n) is 3.20. The molecule has 1 aromatic carbocycles. The van der Waals surface area contributed by atoms with Gasteiger partial charge >= 0.3 is 0 Å². The monoisotopic (exact) mass is 270 g/mol. The predicted octanol–water partition coefficient (Wildman–Crippen LogP) is 2.41. The lowest BCUT2D eigenvalue weighted by Gasteiger charge is -2.17. The molecule has 5 heteroatoms. The molecule has 0 saturated carbocycles. The topological polar surface area (TPSA) is 41.1 Å². The third-order valence-corrected chi connectivity index (χ3v) is 3.51. The van der Waals surface area contributed by atoms with E-state index in [1.807, 2.05) is 6.92 Å². The molecular weight excluding hydrogens is 255 g/mol. The van der Waals surface area contributed by atoms with Gasteiger partial charge < -0.3 is 10.6 Å². The Morgan fingerprint density at radius 1 is 1.61 bits per heavy atom. The number of hydrogen-bond donors (Lipinski definition) is 2. The highest BCUT2D eigenvalue weighted by atomic mass is 35.5. The van der Waals surface area contributed by atoms with Crippen LogP contribution in [0.4, 0.5) is 4.39 Å². The SMILES string of the molecule is CC(NCC1CCC(=O)N1)c1ccc(Cl)c(F)c1. The smallest absolute Gasteiger partial charge is 0.220 e. The van der Waals surface area contributed by atoms with Crippen molar-refractivity contribution in [2.45, 2.75) is 31.8 Å². The van der Waals surface area contributed by atoms with Crippen molar-refractivity contribution in [1.82, 2.24) is 10.6 Å². The zero-order valence-corrected chi connectivity index (χ0v) is 10.9. The fraction of sp³-hybridized carbons (Fsp3) is 0.462. The van der Waals surface area contributed by atoms with E-state index in [0.717, 1.165) is 12.0 Å². The first-order valence-electron chi connectivity index (χ1n) is 6.04. The summed E-state index contributed by atoms with van der Waals surface area (Å²) >= 11 is 5.64. The van der Waals surface area contributed by atoms with Gasteiger partial charge in [0.25, 0.3) is 0 Å². The lowest BCUT2D eigenvalue weighted by molar-refractivity contribution is -0.119. The van der Waals surface area contributed by atoms with Crippen LogP contribution >= 0.6 is 11.6 Å². The molecule has 0 radical (unpaired) electrons. The molecule has 1 aromatic rings. The van der Waals surface area contributed by atoms with Gasteiger partial charge in [0.15, 0.2) is 0 Å². The van der Waals surface area contributed by atoms with E-state index in [9.17, 15) is 9.18 Å². The maximum atomic E-state index is 13.3. The zero-order valence-electron chi connectivity index (χ0n) is 10.2. The first-order chi connectivity index (χ1) is 8.56.